The van der Waals surface area contributed by atoms with Crippen molar-refractivity contribution in [2.45, 2.75) is 32.9 Å². The molecule has 1 aliphatic rings. The van der Waals surface area contributed by atoms with Crippen LogP contribution in [0.3, 0.4) is 0 Å². The third-order valence-electron chi connectivity index (χ3n) is 3.21. The third kappa shape index (κ3) is 2.67. The molecule has 1 aromatic heterocycles. The molecule has 2 aromatic rings. The van der Waals surface area contributed by atoms with Crippen molar-refractivity contribution >= 4 is 17.3 Å². The number of anilines is 2. The molecule has 3 rings (SSSR count). The molecule has 0 saturated carbocycles. The number of nitrogens with zero attached hydrogens (tertiary/aromatic N) is 2. The summed E-state index contributed by atoms with van der Waals surface area (Å²) in [5.41, 5.74) is 1.48. The second-order valence-corrected chi connectivity index (χ2v) is 5.01. The zero-order valence-corrected chi connectivity index (χ0v) is 12.0. The predicted octanol–water partition coefficient (Wildman–Crippen LogP) is 2.27. The number of ether oxygens (including phenoxy) is 1. The van der Waals surface area contributed by atoms with E-state index in [2.05, 4.69) is 20.8 Å². The second kappa shape index (κ2) is 5.08. The average Bonchev–Trinajstić information content (AvgIpc) is 2.87. The van der Waals surface area contributed by atoms with Gasteiger partial charge in [0.15, 0.2) is 11.9 Å². The van der Waals surface area contributed by atoms with Crippen molar-refractivity contribution in [1.29, 1.82) is 0 Å². The molecule has 1 amide bonds. The molecule has 1 aliphatic heterocycles. The van der Waals surface area contributed by atoms with E-state index in [9.17, 15) is 4.79 Å². The molecule has 110 valence electrons. The fraction of sp³-hybridized carbons (Fsp3) is 0.357. The summed E-state index contributed by atoms with van der Waals surface area (Å²) in [6.07, 6.45) is -0.475. The number of nitrogens with one attached hydrogen (secondary N) is 2. The van der Waals surface area contributed by atoms with Gasteiger partial charge < -0.3 is 19.9 Å². The summed E-state index contributed by atoms with van der Waals surface area (Å²) in [6, 6.07) is 5.38. The lowest BCUT2D eigenvalue weighted by molar-refractivity contribution is -0.122. The lowest BCUT2D eigenvalue weighted by Crippen LogP contribution is -2.34. The van der Waals surface area contributed by atoms with Crippen molar-refractivity contribution in [3.05, 3.63) is 29.9 Å². The molecule has 7 nitrogen and oxygen atoms in total. The van der Waals surface area contributed by atoms with Gasteiger partial charge in [-0.25, -0.2) is 0 Å². The molecule has 0 unspecified atom stereocenters. The standard InChI is InChI=1S/C14H16N4O3/c1-7(14-16-9(3)18-21-14)15-10-4-5-12-11(6-10)17-13(19)8(2)20-12/h4-8,15H,1-3H3,(H,17,19)/t7-,8+/m0/s1. The van der Waals surface area contributed by atoms with Crippen molar-refractivity contribution in [1.82, 2.24) is 10.1 Å². The van der Waals surface area contributed by atoms with Crippen LogP contribution in [-0.4, -0.2) is 22.2 Å². The first-order valence-electron chi connectivity index (χ1n) is 6.71. The highest BCUT2D eigenvalue weighted by atomic mass is 16.5. The SMILES string of the molecule is Cc1noc([C@H](C)Nc2ccc3c(c2)NC(=O)[C@@H](C)O3)n1. The number of carbonyl (C=O) groups excluding carboxylic acids is 1. The van der Waals surface area contributed by atoms with Crippen LogP contribution in [0.5, 0.6) is 5.75 Å². The van der Waals surface area contributed by atoms with Gasteiger partial charge in [0.1, 0.15) is 11.8 Å². The molecule has 0 spiro atoms. The molecule has 7 heteroatoms. The van der Waals surface area contributed by atoms with Gasteiger partial charge in [-0.05, 0) is 39.0 Å². The monoisotopic (exact) mass is 288 g/mol. The summed E-state index contributed by atoms with van der Waals surface area (Å²) in [5, 5.41) is 9.82. The Balaban J connectivity index is 1.78. The van der Waals surface area contributed by atoms with Gasteiger partial charge in [-0.15, -0.1) is 0 Å². The van der Waals surface area contributed by atoms with Crippen LogP contribution in [-0.2, 0) is 4.79 Å². The molecule has 0 aliphatic carbocycles. The Bertz CT molecular complexity index is 683. The van der Waals surface area contributed by atoms with Crippen molar-refractivity contribution in [2.75, 3.05) is 10.6 Å². The molecule has 1 aromatic carbocycles. The van der Waals surface area contributed by atoms with E-state index in [0.717, 1.165) is 5.69 Å². The van der Waals surface area contributed by atoms with Gasteiger partial charge in [0.05, 0.1) is 5.69 Å². The van der Waals surface area contributed by atoms with Gasteiger partial charge in [-0.3, -0.25) is 4.79 Å². The molecule has 2 heterocycles. The lowest BCUT2D eigenvalue weighted by Gasteiger charge is -2.24. The van der Waals surface area contributed by atoms with Crippen LogP contribution in [0.15, 0.2) is 22.7 Å². The fourth-order valence-corrected chi connectivity index (χ4v) is 2.10. The molecule has 2 atom stereocenters. The Labute approximate surface area is 121 Å². The largest absolute Gasteiger partial charge is 0.479 e. The normalized spacial score (nSPS) is 18.4. The van der Waals surface area contributed by atoms with E-state index in [1.165, 1.54) is 0 Å². The van der Waals surface area contributed by atoms with E-state index >= 15 is 0 Å². The maximum absolute atomic E-state index is 11.6. The van der Waals surface area contributed by atoms with Gasteiger partial charge in [-0.2, -0.15) is 4.98 Å². The molecule has 0 saturated heterocycles. The van der Waals surface area contributed by atoms with E-state index in [4.69, 9.17) is 9.26 Å². The van der Waals surface area contributed by atoms with E-state index < -0.39 is 6.10 Å². The summed E-state index contributed by atoms with van der Waals surface area (Å²) in [4.78, 5) is 15.8. The highest BCUT2D eigenvalue weighted by molar-refractivity contribution is 5.98. The predicted molar refractivity (Wildman–Crippen MR) is 76.2 cm³/mol. The van der Waals surface area contributed by atoms with Gasteiger partial charge >= 0.3 is 0 Å². The number of amides is 1. The van der Waals surface area contributed by atoms with Crippen molar-refractivity contribution < 1.29 is 14.1 Å². The first-order valence-corrected chi connectivity index (χ1v) is 6.71. The smallest absolute Gasteiger partial charge is 0.265 e. The number of hydrogen-bond acceptors (Lipinski definition) is 6. The zero-order valence-electron chi connectivity index (χ0n) is 12.0. The number of aryl methyl sites for hydroxylation is 1. The Morgan fingerprint density at radius 2 is 2.24 bits per heavy atom. The number of aromatic nitrogens is 2. The van der Waals surface area contributed by atoms with Crippen LogP contribution in [0.1, 0.15) is 31.6 Å². The minimum atomic E-state index is -0.475. The van der Waals surface area contributed by atoms with Gasteiger partial charge in [0.2, 0.25) is 5.89 Å². The molecule has 2 N–H and O–H groups in total. The number of benzene rings is 1. The zero-order chi connectivity index (χ0) is 15.0. The van der Waals surface area contributed by atoms with Crippen molar-refractivity contribution in [2.24, 2.45) is 0 Å². The summed E-state index contributed by atoms with van der Waals surface area (Å²) in [7, 11) is 0. The minimum absolute atomic E-state index is 0.136. The molecule has 21 heavy (non-hydrogen) atoms. The van der Waals surface area contributed by atoms with E-state index in [-0.39, 0.29) is 11.9 Å². The van der Waals surface area contributed by atoms with Crippen LogP contribution in [0.25, 0.3) is 0 Å². The Morgan fingerprint density at radius 1 is 1.43 bits per heavy atom. The lowest BCUT2D eigenvalue weighted by atomic mass is 10.2. The second-order valence-electron chi connectivity index (χ2n) is 5.01. The molecular weight excluding hydrogens is 272 g/mol. The topological polar surface area (TPSA) is 89.3 Å². The fourth-order valence-electron chi connectivity index (χ4n) is 2.10. The van der Waals surface area contributed by atoms with Crippen LogP contribution in [0.2, 0.25) is 0 Å². The number of carbonyl (C=O) groups is 1. The molecule has 0 bridgehead atoms. The highest BCUT2D eigenvalue weighted by Gasteiger charge is 2.23. The summed E-state index contributed by atoms with van der Waals surface area (Å²) in [5.74, 6) is 1.62. The van der Waals surface area contributed by atoms with Gasteiger partial charge in [-0.1, -0.05) is 5.16 Å². The highest BCUT2D eigenvalue weighted by Crippen LogP contribution is 2.33. The van der Waals surface area contributed by atoms with Crippen molar-refractivity contribution in [3.8, 4) is 5.75 Å². The first kappa shape index (κ1) is 13.4. The maximum atomic E-state index is 11.6. The number of hydrogen-bond donors (Lipinski definition) is 2. The summed E-state index contributed by atoms with van der Waals surface area (Å²) in [6.45, 7) is 5.40. The van der Waals surface area contributed by atoms with E-state index in [1.54, 1.807) is 13.8 Å². The quantitative estimate of drug-likeness (QED) is 0.900. The van der Waals surface area contributed by atoms with E-state index in [0.29, 0.717) is 23.2 Å². The van der Waals surface area contributed by atoms with Crippen LogP contribution < -0.4 is 15.4 Å². The summed E-state index contributed by atoms with van der Waals surface area (Å²) < 4.78 is 10.6. The van der Waals surface area contributed by atoms with Gasteiger partial charge in [0, 0.05) is 5.69 Å². The third-order valence-corrected chi connectivity index (χ3v) is 3.21. The Hall–Kier alpha value is -2.57. The first-order chi connectivity index (χ1) is 10.0. The van der Waals surface area contributed by atoms with E-state index in [1.807, 2.05) is 25.1 Å². The minimum Gasteiger partial charge on any atom is -0.479 e. The maximum Gasteiger partial charge on any atom is 0.265 e. The molecular formula is C14H16N4O3. The van der Waals surface area contributed by atoms with Crippen LogP contribution in [0.4, 0.5) is 11.4 Å². The van der Waals surface area contributed by atoms with Crippen molar-refractivity contribution in [3.63, 3.8) is 0 Å². The number of fused-ring (bicyclic) bond motifs is 1. The molecule has 0 radical (unpaired) electrons. The Kier molecular flexibility index (Phi) is 3.25. The van der Waals surface area contributed by atoms with Crippen LogP contribution >= 0.6 is 0 Å². The Morgan fingerprint density at radius 3 is 2.95 bits per heavy atom. The number of rotatable bonds is 3. The molecule has 0 fully saturated rings. The summed E-state index contributed by atoms with van der Waals surface area (Å²) >= 11 is 0. The average molecular weight is 288 g/mol. The van der Waals surface area contributed by atoms with Gasteiger partial charge in [0.25, 0.3) is 5.91 Å². The van der Waals surface area contributed by atoms with Crippen LogP contribution in [0, 0.1) is 6.92 Å².